The van der Waals surface area contributed by atoms with Crippen LogP contribution >= 0.6 is 0 Å². The Morgan fingerprint density at radius 2 is 1.59 bits per heavy atom. The van der Waals surface area contributed by atoms with Crippen LogP contribution in [0.25, 0.3) is 0 Å². The van der Waals surface area contributed by atoms with E-state index in [0.717, 1.165) is 55.7 Å². The number of nitrogens with zero attached hydrogens (tertiary/aromatic N) is 3. The number of aromatic hydroxyl groups is 2. The molecule has 2 aliphatic rings. The van der Waals surface area contributed by atoms with Crippen LogP contribution in [0.15, 0.2) is 73.1 Å². The fourth-order valence-electron chi connectivity index (χ4n) is 5.67. The van der Waals surface area contributed by atoms with Crippen LogP contribution in [0.4, 0.5) is 8.78 Å². The van der Waals surface area contributed by atoms with E-state index in [2.05, 4.69) is 9.88 Å². The lowest BCUT2D eigenvalue weighted by atomic mass is 9.84. The van der Waals surface area contributed by atoms with Gasteiger partial charge in [0.15, 0.2) is 23.4 Å². The molecule has 37 heavy (non-hydrogen) atoms. The van der Waals surface area contributed by atoms with Crippen LogP contribution < -0.4 is 0 Å². The zero-order chi connectivity index (χ0) is 25.6. The van der Waals surface area contributed by atoms with Crippen molar-refractivity contribution < 1.29 is 23.7 Å². The number of benzene rings is 2. The SMILES string of the molecule is Oc1ccc(O)n1C(c1ccc(CN2CCC3(CC2)OCc2ccncc23)cc1)c1ccc(F)c(F)c1. The molecular weight excluding hydrogens is 476 g/mol. The molecule has 8 heteroatoms. The van der Waals surface area contributed by atoms with E-state index in [4.69, 9.17) is 4.74 Å². The molecule has 4 heterocycles. The molecule has 0 amide bonds. The number of aromatic nitrogens is 2. The predicted molar refractivity (Wildman–Crippen MR) is 133 cm³/mol. The number of likely N-dealkylation sites (tertiary alicyclic amines) is 1. The predicted octanol–water partition coefficient (Wildman–Crippen LogP) is 5.23. The summed E-state index contributed by atoms with van der Waals surface area (Å²) >= 11 is 0. The van der Waals surface area contributed by atoms with E-state index < -0.39 is 17.7 Å². The summed E-state index contributed by atoms with van der Waals surface area (Å²) in [5.41, 5.74) is 4.45. The van der Waals surface area contributed by atoms with E-state index >= 15 is 0 Å². The number of halogens is 2. The zero-order valence-electron chi connectivity index (χ0n) is 20.1. The minimum Gasteiger partial charge on any atom is -0.494 e. The van der Waals surface area contributed by atoms with Gasteiger partial charge in [-0.05, 0) is 53.3 Å². The molecule has 1 atom stereocenters. The van der Waals surface area contributed by atoms with E-state index in [-0.39, 0.29) is 17.4 Å². The molecule has 1 unspecified atom stereocenters. The molecule has 2 N–H and O–H groups in total. The van der Waals surface area contributed by atoms with Gasteiger partial charge in [-0.25, -0.2) is 8.78 Å². The highest BCUT2D eigenvalue weighted by atomic mass is 19.2. The fourth-order valence-corrected chi connectivity index (χ4v) is 5.67. The second kappa shape index (κ2) is 9.28. The Hall–Kier alpha value is -3.75. The van der Waals surface area contributed by atoms with Gasteiger partial charge in [0.2, 0.25) is 0 Å². The van der Waals surface area contributed by atoms with Gasteiger partial charge < -0.3 is 14.9 Å². The van der Waals surface area contributed by atoms with Crippen molar-refractivity contribution >= 4 is 0 Å². The molecule has 1 spiro atoms. The van der Waals surface area contributed by atoms with Crippen LogP contribution in [0.3, 0.4) is 0 Å². The standard InChI is InChI=1S/C29H27F2N3O3/c30-24-6-5-21(15-25(24)31)28(34-26(35)7-8-27(34)36)20-3-1-19(2-4-20)17-33-13-10-29(11-14-33)23-16-32-12-9-22(23)18-37-29/h1-9,12,15-16,28,35-36H,10-11,13-14,17-18H2. The molecule has 0 saturated carbocycles. The molecule has 6 nitrogen and oxygen atoms in total. The molecule has 1 fully saturated rings. The minimum absolute atomic E-state index is 0.176. The highest BCUT2D eigenvalue weighted by molar-refractivity contribution is 5.40. The highest BCUT2D eigenvalue weighted by Gasteiger charge is 2.42. The average Bonchev–Trinajstić information content (AvgIpc) is 3.44. The minimum atomic E-state index is -0.988. The summed E-state index contributed by atoms with van der Waals surface area (Å²) in [6.07, 6.45) is 5.58. The molecule has 0 bridgehead atoms. The van der Waals surface area contributed by atoms with Crippen LogP contribution in [0.5, 0.6) is 11.8 Å². The molecule has 2 aliphatic heterocycles. The number of hydrogen-bond donors (Lipinski definition) is 2. The molecule has 190 valence electrons. The van der Waals surface area contributed by atoms with Gasteiger partial charge in [0.05, 0.1) is 18.2 Å². The lowest BCUT2D eigenvalue weighted by molar-refractivity contribution is -0.0800. The van der Waals surface area contributed by atoms with E-state index in [1.807, 2.05) is 42.7 Å². The second-order valence-electron chi connectivity index (χ2n) is 9.83. The summed E-state index contributed by atoms with van der Waals surface area (Å²) in [5, 5.41) is 20.8. The first-order valence-electron chi connectivity index (χ1n) is 12.4. The summed E-state index contributed by atoms with van der Waals surface area (Å²) < 4.78 is 35.2. The van der Waals surface area contributed by atoms with Crippen LogP contribution in [-0.2, 0) is 23.5 Å². The number of ether oxygens (including phenoxy) is 1. The normalized spacial score (nSPS) is 17.7. The van der Waals surface area contributed by atoms with Gasteiger partial charge in [-0.1, -0.05) is 30.3 Å². The molecule has 4 aromatic rings. The van der Waals surface area contributed by atoms with Gasteiger partial charge in [0.1, 0.15) is 0 Å². The van der Waals surface area contributed by atoms with Gasteiger partial charge in [0, 0.05) is 49.7 Å². The Balaban J connectivity index is 1.20. The van der Waals surface area contributed by atoms with Gasteiger partial charge in [-0.3, -0.25) is 14.5 Å². The van der Waals surface area contributed by atoms with E-state index in [1.165, 1.54) is 33.9 Å². The third-order valence-electron chi connectivity index (χ3n) is 7.66. The molecule has 2 aromatic heterocycles. The first kappa shape index (κ1) is 23.6. The Morgan fingerprint density at radius 3 is 2.30 bits per heavy atom. The third kappa shape index (κ3) is 4.26. The number of piperidine rings is 1. The average molecular weight is 504 g/mol. The van der Waals surface area contributed by atoms with Crippen molar-refractivity contribution in [2.24, 2.45) is 0 Å². The zero-order valence-corrected chi connectivity index (χ0v) is 20.1. The van der Waals surface area contributed by atoms with Gasteiger partial charge in [0.25, 0.3) is 0 Å². The highest BCUT2D eigenvalue weighted by Crippen LogP contribution is 2.44. The number of pyridine rings is 1. The van der Waals surface area contributed by atoms with Crippen molar-refractivity contribution in [3.05, 3.63) is 113 Å². The van der Waals surface area contributed by atoms with E-state index in [1.54, 1.807) is 0 Å². The Bertz CT molecular complexity index is 1410. The Labute approximate surface area is 213 Å². The summed E-state index contributed by atoms with van der Waals surface area (Å²) in [4.78, 5) is 6.71. The lowest BCUT2D eigenvalue weighted by Gasteiger charge is -2.39. The maximum atomic E-state index is 14.1. The van der Waals surface area contributed by atoms with Crippen molar-refractivity contribution in [3.63, 3.8) is 0 Å². The summed E-state index contributed by atoms with van der Waals surface area (Å²) in [6, 6.07) is 15.4. The quantitative estimate of drug-likeness (QED) is 0.390. The topological polar surface area (TPSA) is 70.8 Å². The first-order chi connectivity index (χ1) is 17.9. The summed E-state index contributed by atoms with van der Waals surface area (Å²) in [6.45, 7) is 3.22. The molecule has 6 rings (SSSR count). The van der Waals surface area contributed by atoms with E-state index in [9.17, 15) is 19.0 Å². The van der Waals surface area contributed by atoms with Crippen molar-refractivity contribution in [1.82, 2.24) is 14.5 Å². The lowest BCUT2D eigenvalue weighted by Crippen LogP contribution is -2.42. The Morgan fingerprint density at radius 1 is 0.892 bits per heavy atom. The Kier molecular flexibility index (Phi) is 5.93. The van der Waals surface area contributed by atoms with Crippen molar-refractivity contribution in [2.75, 3.05) is 13.1 Å². The number of hydrogen-bond acceptors (Lipinski definition) is 5. The van der Waals surface area contributed by atoms with Crippen LogP contribution in [-0.4, -0.2) is 37.8 Å². The van der Waals surface area contributed by atoms with Crippen molar-refractivity contribution in [2.45, 2.75) is 37.6 Å². The molecular formula is C29H27F2N3O3. The molecule has 1 saturated heterocycles. The number of fused-ring (bicyclic) bond motifs is 2. The molecule has 0 radical (unpaired) electrons. The van der Waals surface area contributed by atoms with Gasteiger partial charge in [-0.2, -0.15) is 0 Å². The maximum absolute atomic E-state index is 14.1. The van der Waals surface area contributed by atoms with Crippen LogP contribution in [0.1, 0.15) is 46.7 Å². The van der Waals surface area contributed by atoms with Crippen molar-refractivity contribution in [1.29, 1.82) is 0 Å². The molecule has 2 aromatic carbocycles. The van der Waals surface area contributed by atoms with Crippen LogP contribution in [0, 0.1) is 11.6 Å². The van der Waals surface area contributed by atoms with Crippen molar-refractivity contribution in [3.8, 4) is 11.8 Å². The largest absolute Gasteiger partial charge is 0.494 e. The maximum Gasteiger partial charge on any atom is 0.194 e. The van der Waals surface area contributed by atoms with Crippen LogP contribution in [0.2, 0.25) is 0 Å². The summed E-state index contributed by atoms with van der Waals surface area (Å²) in [7, 11) is 0. The van der Waals surface area contributed by atoms with E-state index in [0.29, 0.717) is 12.2 Å². The van der Waals surface area contributed by atoms with Gasteiger partial charge in [-0.15, -0.1) is 0 Å². The number of rotatable bonds is 5. The van der Waals surface area contributed by atoms with Gasteiger partial charge >= 0.3 is 0 Å². The summed E-state index contributed by atoms with van der Waals surface area (Å²) in [5.74, 6) is -2.29. The monoisotopic (exact) mass is 503 g/mol. The fraction of sp³-hybridized carbons (Fsp3) is 0.276. The third-order valence-corrected chi connectivity index (χ3v) is 7.66. The second-order valence-corrected chi connectivity index (χ2v) is 9.83. The first-order valence-corrected chi connectivity index (χ1v) is 12.4. The smallest absolute Gasteiger partial charge is 0.194 e. The molecule has 0 aliphatic carbocycles.